The maximum Gasteiger partial charge on any atom is 0.152 e. The second-order valence-corrected chi connectivity index (χ2v) is 3.02. The summed E-state index contributed by atoms with van der Waals surface area (Å²) in [5.74, 6) is -0.00989. The molecule has 13 heavy (non-hydrogen) atoms. The zero-order valence-electron chi connectivity index (χ0n) is 7.12. The molecule has 0 unspecified atom stereocenters. The van der Waals surface area contributed by atoms with Crippen LogP contribution in [0.25, 0.3) is 6.08 Å². The molecule has 0 fully saturated rings. The van der Waals surface area contributed by atoms with Gasteiger partial charge in [-0.3, -0.25) is 4.79 Å². The molecule has 68 valence electrons. The van der Waals surface area contributed by atoms with Crippen molar-refractivity contribution in [3.63, 3.8) is 0 Å². The Bertz CT molecular complexity index is 336. The van der Waals surface area contributed by atoms with E-state index < -0.39 is 0 Å². The van der Waals surface area contributed by atoms with Crippen molar-refractivity contribution >= 4 is 23.5 Å². The monoisotopic (exact) mass is 196 g/mol. The van der Waals surface area contributed by atoms with Gasteiger partial charge in [0.2, 0.25) is 0 Å². The van der Waals surface area contributed by atoms with Gasteiger partial charge in [0.05, 0.1) is 5.02 Å². The second kappa shape index (κ2) is 4.10. The number of rotatable bonds is 2. The molecule has 0 radical (unpaired) electrons. The minimum atomic E-state index is -0.0840. The Morgan fingerprint density at radius 2 is 2.23 bits per heavy atom. The molecule has 0 bridgehead atoms. The lowest BCUT2D eigenvalue weighted by Crippen LogP contribution is -1.81. The van der Waals surface area contributed by atoms with Crippen molar-refractivity contribution in [1.82, 2.24) is 0 Å². The lowest BCUT2D eigenvalue weighted by Gasteiger charge is -1.99. The van der Waals surface area contributed by atoms with Crippen LogP contribution in [0.4, 0.5) is 0 Å². The largest absolute Gasteiger partial charge is 0.507 e. The molecule has 1 aromatic carbocycles. The summed E-state index contributed by atoms with van der Waals surface area (Å²) in [4.78, 5) is 10.6. The van der Waals surface area contributed by atoms with Crippen LogP contribution in [0.2, 0.25) is 5.02 Å². The minimum Gasteiger partial charge on any atom is -0.507 e. The van der Waals surface area contributed by atoms with Gasteiger partial charge < -0.3 is 5.11 Å². The number of halogens is 1. The van der Waals surface area contributed by atoms with Crippen LogP contribution in [0.3, 0.4) is 0 Å². The van der Waals surface area contributed by atoms with Crippen LogP contribution in [-0.4, -0.2) is 10.9 Å². The summed E-state index contributed by atoms with van der Waals surface area (Å²) in [5, 5.41) is 9.79. The van der Waals surface area contributed by atoms with Crippen molar-refractivity contribution in [2.45, 2.75) is 6.92 Å². The minimum absolute atomic E-state index is 0.0741. The van der Waals surface area contributed by atoms with Gasteiger partial charge in [-0.15, -0.1) is 0 Å². The SMILES string of the molecule is CC(=O)C=Cc1c(O)cccc1Cl. The first-order valence-electron chi connectivity index (χ1n) is 3.77. The molecule has 0 aliphatic heterocycles. The third-order valence-corrected chi connectivity index (χ3v) is 1.84. The highest BCUT2D eigenvalue weighted by Crippen LogP contribution is 2.26. The van der Waals surface area contributed by atoms with Gasteiger partial charge in [0, 0.05) is 5.56 Å². The van der Waals surface area contributed by atoms with Crippen molar-refractivity contribution in [3.8, 4) is 5.75 Å². The third kappa shape index (κ3) is 2.60. The lowest BCUT2D eigenvalue weighted by atomic mass is 10.2. The molecule has 0 saturated heterocycles. The van der Waals surface area contributed by atoms with Crippen LogP contribution in [0.5, 0.6) is 5.75 Å². The number of benzene rings is 1. The van der Waals surface area contributed by atoms with Gasteiger partial charge in [-0.25, -0.2) is 0 Å². The molecule has 0 spiro atoms. The molecular weight excluding hydrogens is 188 g/mol. The summed E-state index contributed by atoms with van der Waals surface area (Å²) in [5.41, 5.74) is 0.472. The number of aromatic hydroxyl groups is 1. The summed E-state index contributed by atoms with van der Waals surface area (Å²) in [6, 6.07) is 4.82. The molecule has 0 saturated carbocycles. The molecule has 0 atom stereocenters. The molecule has 1 aromatic rings. The highest BCUT2D eigenvalue weighted by atomic mass is 35.5. The number of carbonyl (C=O) groups excluding carboxylic acids is 1. The predicted octanol–water partition coefficient (Wildman–Crippen LogP) is 2.65. The van der Waals surface area contributed by atoms with E-state index in [-0.39, 0.29) is 11.5 Å². The zero-order valence-corrected chi connectivity index (χ0v) is 7.88. The van der Waals surface area contributed by atoms with Gasteiger partial charge in [-0.2, -0.15) is 0 Å². The first-order valence-corrected chi connectivity index (χ1v) is 4.15. The van der Waals surface area contributed by atoms with Crippen LogP contribution in [0.1, 0.15) is 12.5 Å². The summed E-state index contributed by atoms with van der Waals surface area (Å²) in [6.45, 7) is 1.43. The van der Waals surface area contributed by atoms with Gasteiger partial charge in [-0.1, -0.05) is 17.7 Å². The average molecular weight is 197 g/mol. The molecule has 3 heteroatoms. The van der Waals surface area contributed by atoms with Gasteiger partial charge in [0.1, 0.15) is 5.75 Å². The second-order valence-electron chi connectivity index (χ2n) is 2.62. The highest BCUT2D eigenvalue weighted by molar-refractivity contribution is 6.32. The number of phenols is 1. The van der Waals surface area contributed by atoms with Gasteiger partial charge in [0.15, 0.2) is 5.78 Å². The van der Waals surface area contributed by atoms with Crippen LogP contribution in [-0.2, 0) is 4.79 Å². The molecule has 0 aromatic heterocycles. The standard InChI is InChI=1S/C10H9ClO2/c1-7(12)5-6-8-9(11)3-2-4-10(8)13/h2-6,13H,1H3. The van der Waals surface area contributed by atoms with Crippen LogP contribution < -0.4 is 0 Å². The molecule has 1 rings (SSSR count). The predicted molar refractivity (Wildman–Crippen MR) is 52.8 cm³/mol. The summed E-state index contributed by atoms with van der Waals surface area (Å²) in [7, 11) is 0. The Morgan fingerprint density at radius 3 is 2.77 bits per heavy atom. The number of carbonyl (C=O) groups is 1. The van der Waals surface area contributed by atoms with Crippen LogP contribution in [0.15, 0.2) is 24.3 Å². The maximum absolute atomic E-state index is 10.6. The first kappa shape index (κ1) is 9.81. The Kier molecular flexibility index (Phi) is 3.09. The van der Waals surface area contributed by atoms with E-state index in [9.17, 15) is 9.90 Å². The number of hydrogen-bond acceptors (Lipinski definition) is 2. The van der Waals surface area contributed by atoms with E-state index in [1.807, 2.05) is 0 Å². The summed E-state index contributed by atoms with van der Waals surface area (Å²) >= 11 is 5.79. The van der Waals surface area contributed by atoms with E-state index in [0.29, 0.717) is 10.6 Å². The van der Waals surface area contributed by atoms with Crippen molar-refractivity contribution in [3.05, 3.63) is 34.9 Å². The third-order valence-electron chi connectivity index (χ3n) is 1.51. The van der Waals surface area contributed by atoms with Gasteiger partial charge in [-0.05, 0) is 31.2 Å². The Labute approximate surface area is 81.5 Å². The molecule has 2 nitrogen and oxygen atoms in total. The summed E-state index contributed by atoms with van der Waals surface area (Å²) < 4.78 is 0. The maximum atomic E-state index is 10.6. The first-order chi connectivity index (χ1) is 6.11. The lowest BCUT2D eigenvalue weighted by molar-refractivity contribution is -0.112. The zero-order chi connectivity index (χ0) is 9.84. The van der Waals surface area contributed by atoms with Crippen LogP contribution in [0, 0.1) is 0 Å². The van der Waals surface area contributed by atoms with E-state index in [1.165, 1.54) is 25.1 Å². The molecule has 0 aliphatic rings. The molecule has 0 amide bonds. The average Bonchev–Trinajstić information content (AvgIpc) is 2.03. The Hall–Kier alpha value is -1.28. The normalized spacial score (nSPS) is 10.6. The van der Waals surface area contributed by atoms with Crippen molar-refractivity contribution in [2.24, 2.45) is 0 Å². The Morgan fingerprint density at radius 1 is 1.54 bits per heavy atom. The molecule has 0 heterocycles. The van der Waals surface area contributed by atoms with E-state index in [0.717, 1.165) is 0 Å². The topological polar surface area (TPSA) is 37.3 Å². The van der Waals surface area contributed by atoms with E-state index in [2.05, 4.69) is 0 Å². The number of allylic oxidation sites excluding steroid dienone is 1. The van der Waals surface area contributed by atoms with Crippen molar-refractivity contribution < 1.29 is 9.90 Å². The number of ketones is 1. The molecular formula is C10H9ClO2. The van der Waals surface area contributed by atoms with Gasteiger partial charge in [0.25, 0.3) is 0 Å². The molecule has 1 N–H and O–H groups in total. The van der Waals surface area contributed by atoms with Crippen LogP contribution >= 0.6 is 11.6 Å². The summed E-state index contributed by atoms with van der Waals surface area (Å²) in [6.07, 6.45) is 2.86. The number of phenolic OH excluding ortho intramolecular Hbond substituents is 1. The fourth-order valence-electron chi connectivity index (χ4n) is 0.891. The quantitative estimate of drug-likeness (QED) is 0.739. The Balaban J connectivity index is 3.06. The fraction of sp³-hybridized carbons (Fsp3) is 0.100. The van der Waals surface area contributed by atoms with E-state index in [1.54, 1.807) is 12.1 Å². The number of hydrogen-bond donors (Lipinski definition) is 1. The van der Waals surface area contributed by atoms with Crippen molar-refractivity contribution in [1.29, 1.82) is 0 Å². The van der Waals surface area contributed by atoms with Gasteiger partial charge >= 0.3 is 0 Å². The fourth-order valence-corrected chi connectivity index (χ4v) is 1.12. The highest BCUT2D eigenvalue weighted by Gasteiger charge is 2.01. The molecule has 0 aliphatic carbocycles. The van der Waals surface area contributed by atoms with E-state index in [4.69, 9.17) is 11.6 Å². The van der Waals surface area contributed by atoms with Crippen molar-refractivity contribution in [2.75, 3.05) is 0 Å². The van der Waals surface area contributed by atoms with E-state index >= 15 is 0 Å². The smallest absolute Gasteiger partial charge is 0.152 e.